The second-order valence-corrected chi connectivity index (χ2v) is 6.52. The summed E-state index contributed by atoms with van der Waals surface area (Å²) in [4.78, 5) is 41.4. The van der Waals surface area contributed by atoms with Crippen LogP contribution in [0, 0.1) is 0 Å². The number of imide groups is 1. The second-order valence-electron chi connectivity index (χ2n) is 6.52. The number of amides is 3. The van der Waals surface area contributed by atoms with E-state index in [2.05, 4.69) is 10.3 Å². The first-order valence-electron chi connectivity index (χ1n) is 8.29. The van der Waals surface area contributed by atoms with Gasteiger partial charge in [0.2, 0.25) is 0 Å². The third-order valence-electron chi connectivity index (χ3n) is 4.80. The lowest BCUT2D eigenvalue weighted by Crippen LogP contribution is -2.41. The molecule has 6 nitrogen and oxygen atoms in total. The number of nitrogens with zero attached hydrogens (tertiary/aromatic N) is 1. The van der Waals surface area contributed by atoms with E-state index in [9.17, 15) is 14.4 Å². The van der Waals surface area contributed by atoms with Crippen LogP contribution in [0.3, 0.4) is 0 Å². The molecule has 1 aromatic heterocycles. The number of nitrogens with one attached hydrogen (secondary N) is 2. The Morgan fingerprint density at radius 3 is 2.54 bits per heavy atom. The Hall–Kier alpha value is -3.41. The zero-order valence-corrected chi connectivity index (χ0v) is 14.2. The van der Waals surface area contributed by atoms with Crippen molar-refractivity contribution in [3.05, 3.63) is 72.1 Å². The number of benzene rings is 2. The van der Waals surface area contributed by atoms with Crippen LogP contribution in [0.2, 0.25) is 0 Å². The first-order chi connectivity index (χ1) is 12.5. The summed E-state index contributed by atoms with van der Waals surface area (Å²) in [5.74, 6) is -0.751. The Bertz CT molecular complexity index is 1030. The Morgan fingerprint density at radius 1 is 1.04 bits per heavy atom. The maximum absolute atomic E-state index is 13.0. The molecule has 2 N–H and O–H groups in total. The third-order valence-corrected chi connectivity index (χ3v) is 4.80. The molecule has 0 saturated carbocycles. The monoisotopic (exact) mass is 347 g/mol. The van der Waals surface area contributed by atoms with Crippen LogP contribution in [-0.4, -0.2) is 34.2 Å². The standard InChI is InChI=1S/C20H17N3O3/c1-20(15-9-8-13-5-2-3-6-14(13)11-15)18(25)23(19(26)22-20)12-17(24)16-7-4-10-21-16/h2-11,21H,12H2,1H3,(H,22,26). The van der Waals surface area contributed by atoms with Crippen LogP contribution >= 0.6 is 0 Å². The lowest BCUT2D eigenvalue weighted by molar-refractivity contribution is -0.130. The van der Waals surface area contributed by atoms with Crippen LogP contribution in [0.5, 0.6) is 0 Å². The van der Waals surface area contributed by atoms with Gasteiger partial charge in [-0.1, -0.05) is 36.4 Å². The molecule has 1 aliphatic heterocycles. The van der Waals surface area contributed by atoms with Gasteiger partial charge in [-0.05, 0) is 41.5 Å². The minimum atomic E-state index is -1.20. The molecule has 1 fully saturated rings. The third kappa shape index (κ3) is 2.47. The molecule has 26 heavy (non-hydrogen) atoms. The molecule has 2 aromatic carbocycles. The number of aromatic nitrogens is 1. The van der Waals surface area contributed by atoms with E-state index in [-0.39, 0.29) is 12.3 Å². The SMILES string of the molecule is CC1(c2ccc3ccccc3c2)NC(=O)N(CC(=O)c2ccc[nH]2)C1=O. The number of ketones is 1. The zero-order valence-electron chi connectivity index (χ0n) is 14.2. The van der Waals surface area contributed by atoms with Crippen LogP contribution in [0.25, 0.3) is 10.8 Å². The molecule has 1 unspecified atom stereocenters. The number of carbonyl (C=O) groups is 3. The molecule has 1 saturated heterocycles. The van der Waals surface area contributed by atoms with Gasteiger partial charge in [0, 0.05) is 6.20 Å². The average Bonchev–Trinajstić information content (AvgIpc) is 3.25. The quantitative estimate of drug-likeness (QED) is 0.562. The van der Waals surface area contributed by atoms with Gasteiger partial charge < -0.3 is 10.3 Å². The number of hydrogen-bond donors (Lipinski definition) is 2. The summed E-state index contributed by atoms with van der Waals surface area (Å²) >= 11 is 0. The molecular formula is C20H17N3O3. The van der Waals surface area contributed by atoms with Crippen molar-refractivity contribution < 1.29 is 14.4 Å². The van der Waals surface area contributed by atoms with Crippen LogP contribution in [0.15, 0.2) is 60.8 Å². The molecule has 0 aliphatic carbocycles. The van der Waals surface area contributed by atoms with Crippen molar-refractivity contribution in [2.45, 2.75) is 12.5 Å². The molecule has 1 aliphatic rings. The maximum Gasteiger partial charge on any atom is 0.325 e. The lowest BCUT2D eigenvalue weighted by atomic mass is 9.90. The second kappa shape index (κ2) is 5.84. The van der Waals surface area contributed by atoms with Gasteiger partial charge in [-0.3, -0.25) is 14.5 Å². The van der Waals surface area contributed by atoms with Gasteiger partial charge in [-0.15, -0.1) is 0 Å². The summed E-state index contributed by atoms with van der Waals surface area (Å²) in [6, 6.07) is 16.2. The summed E-state index contributed by atoms with van der Waals surface area (Å²) in [5.41, 5.74) is -0.147. The van der Waals surface area contributed by atoms with Crippen molar-refractivity contribution in [2.75, 3.05) is 6.54 Å². The zero-order chi connectivity index (χ0) is 18.3. The molecule has 3 aromatic rings. The van der Waals surface area contributed by atoms with Gasteiger partial charge in [-0.25, -0.2) is 4.79 Å². The first-order valence-corrected chi connectivity index (χ1v) is 8.29. The average molecular weight is 347 g/mol. The molecule has 6 heteroatoms. The van der Waals surface area contributed by atoms with Gasteiger partial charge in [0.1, 0.15) is 5.54 Å². The molecule has 1 atom stereocenters. The van der Waals surface area contributed by atoms with E-state index < -0.39 is 17.5 Å². The maximum atomic E-state index is 13.0. The highest BCUT2D eigenvalue weighted by Gasteiger charge is 2.49. The largest absolute Gasteiger partial charge is 0.359 e. The number of hydrogen-bond acceptors (Lipinski definition) is 3. The van der Waals surface area contributed by atoms with Crippen LogP contribution in [0.1, 0.15) is 23.0 Å². The summed E-state index contributed by atoms with van der Waals surface area (Å²) in [6.45, 7) is 1.37. The van der Waals surface area contributed by atoms with Crippen molar-refractivity contribution in [1.82, 2.24) is 15.2 Å². The Kier molecular flexibility index (Phi) is 3.61. The number of aromatic amines is 1. The fraction of sp³-hybridized carbons (Fsp3) is 0.150. The van der Waals surface area contributed by atoms with E-state index in [1.165, 1.54) is 0 Å². The van der Waals surface area contributed by atoms with E-state index >= 15 is 0 Å². The highest BCUT2D eigenvalue weighted by atomic mass is 16.2. The van der Waals surface area contributed by atoms with E-state index in [1.54, 1.807) is 25.3 Å². The molecule has 4 rings (SSSR count). The van der Waals surface area contributed by atoms with E-state index in [0.717, 1.165) is 15.7 Å². The van der Waals surface area contributed by atoms with Gasteiger partial charge >= 0.3 is 6.03 Å². The number of carbonyl (C=O) groups excluding carboxylic acids is 3. The Labute approximate surface area is 149 Å². The van der Waals surface area contributed by atoms with E-state index in [1.807, 2.05) is 42.5 Å². The highest BCUT2D eigenvalue weighted by molar-refractivity contribution is 6.11. The number of rotatable bonds is 4. The minimum Gasteiger partial charge on any atom is -0.359 e. The Morgan fingerprint density at radius 2 is 1.81 bits per heavy atom. The van der Waals surface area contributed by atoms with Gasteiger partial charge in [0.15, 0.2) is 5.78 Å². The number of urea groups is 1. The van der Waals surface area contributed by atoms with Crippen molar-refractivity contribution in [1.29, 1.82) is 0 Å². The smallest absolute Gasteiger partial charge is 0.325 e. The van der Waals surface area contributed by atoms with Crippen molar-refractivity contribution in [3.63, 3.8) is 0 Å². The molecule has 2 heterocycles. The van der Waals surface area contributed by atoms with Crippen molar-refractivity contribution in [2.24, 2.45) is 0 Å². The fourth-order valence-electron chi connectivity index (χ4n) is 3.27. The Balaban J connectivity index is 1.65. The van der Waals surface area contributed by atoms with Gasteiger partial charge in [-0.2, -0.15) is 0 Å². The molecule has 0 spiro atoms. The van der Waals surface area contributed by atoms with E-state index in [4.69, 9.17) is 0 Å². The van der Waals surface area contributed by atoms with Crippen LogP contribution in [-0.2, 0) is 10.3 Å². The summed E-state index contributed by atoms with van der Waals surface area (Å²) in [7, 11) is 0. The number of Topliss-reactive ketones (excluding diaryl/α,β-unsaturated/α-hetero) is 1. The highest BCUT2D eigenvalue weighted by Crippen LogP contribution is 2.31. The van der Waals surface area contributed by atoms with Crippen molar-refractivity contribution in [3.8, 4) is 0 Å². The summed E-state index contributed by atoms with van der Waals surface area (Å²) < 4.78 is 0. The molecular weight excluding hydrogens is 330 g/mol. The van der Waals surface area contributed by atoms with Crippen LogP contribution in [0.4, 0.5) is 4.79 Å². The van der Waals surface area contributed by atoms with Gasteiger partial charge in [0.05, 0.1) is 12.2 Å². The van der Waals surface area contributed by atoms with E-state index in [0.29, 0.717) is 11.3 Å². The molecule has 130 valence electrons. The normalized spacial score (nSPS) is 19.8. The topological polar surface area (TPSA) is 82.3 Å². The molecule has 0 bridgehead atoms. The number of H-pyrrole nitrogens is 1. The fourth-order valence-corrected chi connectivity index (χ4v) is 3.27. The lowest BCUT2D eigenvalue weighted by Gasteiger charge is -2.22. The summed E-state index contributed by atoms with van der Waals surface area (Å²) in [6.07, 6.45) is 1.62. The predicted molar refractivity (Wildman–Crippen MR) is 96.7 cm³/mol. The minimum absolute atomic E-state index is 0.297. The van der Waals surface area contributed by atoms with Crippen molar-refractivity contribution >= 4 is 28.5 Å². The van der Waals surface area contributed by atoms with Crippen LogP contribution < -0.4 is 5.32 Å². The number of fused-ring (bicyclic) bond motifs is 1. The molecule has 0 radical (unpaired) electrons. The molecule has 3 amide bonds. The van der Waals surface area contributed by atoms with Gasteiger partial charge in [0.25, 0.3) is 5.91 Å². The first kappa shape index (κ1) is 16.1. The summed E-state index contributed by atoms with van der Waals surface area (Å²) in [5, 5.41) is 4.77. The predicted octanol–water partition coefficient (Wildman–Crippen LogP) is 2.82.